The normalized spacial score (nSPS) is 19.5. The summed E-state index contributed by atoms with van der Waals surface area (Å²) in [5.74, 6) is 1.07. The third-order valence-electron chi connectivity index (χ3n) is 5.90. The van der Waals surface area contributed by atoms with Gasteiger partial charge < -0.3 is 20.9 Å². The van der Waals surface area contributed by atoms with E-state index in [9.17, 15) is 9.59 Å². The van der Waals surface area contributed by atoms with Gasteiger partial charge in [0.2, 0.25) is 5.91 Å². The molecule has 3 N–H and O–H groups in total. The monoisotopic (exact) mass is 541 g/mol. The number of nitrogens with one attached hydrogen (secondary N) is 1. The summed E-state index contributed by atoms with van der Waals surface area (Å²) in [5, 5.41) is 3.37. The Morgan fingerprint density at radius 2 is 1.74 bits per heavy atom. The number of nitrogens with two attached hydrogens (primary N) is 1. The van der Waals surface area contributed by atoms with Crippen LogP contribution in [0.2, 0.25) is 0 Å². The molecule has 31 heavy (non-hydrogen) atoms. The fraction of sp³-hybridized carbons (Fsp3) is 0.609. The van der Waals surface area contributed by atoms with Crippen molar-refractivity contribution < 1.29 is 9.59 Å². The summed E-state index contributed by atoms with van der Waals surface area (Å²) in [4.78, 5) is 32.9. The molecule has 2 saturated heterocycles. The van der Waals surface area contributed by atoms with Crippen LogP contribution in [0.4, 0.5) is 0 Å². The van der Waals surface area contributed by atoms with Crippen LogP contribution in [0.1, 0.15) is 61.4 Å². The molecule has 1 atom stereocenters. The zero-order chi connectivity index (χ0) is 21.3. The number of likely N-dealkylation sites (tertiary alicyclic amines) is 2. The number of nitrogens with zero attached hydrogens (tertiary/aromatic N) is 3. The summed E-state index contributed by atoms with van der Waals surface area (Å²) in [7, 11) is 0. The van der Waals surface area contributed by atoms with E-state index in [-0.39, 0.29) is 35.8 Å². The van der Waals surface area contributed by atoms with E-state index in [2.05, 4.69) is 17.1 Å². The molecule has 1 aromatic rings. The van der Waals surface area contributed by atoms with E-state index >= 15 is 0 Å². The third kappa shape index (κ3) is 7.66. The molecule has 2 aliphatic rings. The van der Waals surface area contributed by atoms with Gasteiger partial charge in [-0.2, -0.15) is 0 Å². The van der Waals surface area contributed by atoms with Crippen molar-refractivity contribution in [1.29, 1.82) is 0 Å². The Balaban J connectivity index is 0.00000341. The largest absolute Gasteiger partial charge is 0.370 e. The minimum atomic E-state index is -0.233. The molecule has 0 radical (unpaired) electrons. The van der Waals surface area contributed by atoms with Crippen LogP contribution in [-0.2, 0) is 11.3 Å². The Kier molecular flexibility index (Phi) is 10.6. The van der Waals surface area contributed by atoms with Crippen LogP contribution in [0.5, 0.6) is 0 Å². The molecule has 1 unspecified atom stereocenters. The number of hydrogen-bond donors (Lipinski definition) is 2. The fourth-order valence-corrected chi connectivity index (χ4v) is 4.33. The molecule has 2 heterocycles. The van der Waals surface area contributed by atoms with Gasteiger partial charge in [-0.05, 0) is 62.6 Å². The minimum Gasteiger partial charge on any atom is -0.370 e. The van der Waals surface area contributed by atoms with Crippen molar-refractivity contribution in [3.63, 3.8) is 0 Å². The van der Waals surface area contributed by atoms with Gasteiger partial charge in [0.1, 0.15) is 0 Å². The quantitative estimate of drug-likeness (QED) is 0.329. The van der Waals surface area contributed by atoms with Gasteiger partial charge in [-0.15, -0.1) is 24.0 Å². The highest BCUT2D eigenvalue weighted by molar-refractivity contribution is 14.0. The Labute approximate surface area is 202 Å². The van der Waals surface area contributed by atoms with Crippen molar-refractivity contribution in [2.45, 2.75) is 52.0 Å². The maximum Gasteiger partial charge on any atom is 0.253 e. The van der Waals surface area contributed by atoms with Crippen molar-refractivity contribution in [1.82, 2.24) is 15.1 Å². The van der Waals surface area contributed by atoms with Gasteiger partial charge in [-0.25, -0.2) is 4.99 Å². The van der Waals surface area contributed by atoms with Crippen molar-refractivity contribution in [3.8, 4) is 0 Å². The summed E-state index contributed by atoms with van der Waals surface area (Å²) >= 11 is 0. The topological polar surface area (TPSA) is 91.0 Å². The zero-order valence-corrected chi connectivity index (χ0v) is 20.8. The molecule has 0 aliphatic carbocycles. The van der Waals surface area contributed by atoms with E-state index in [1.165, 1.54) is 6.42 Å². The summed E-state index contributed by atoms with van der Waals surface area (Å²) < 4.78 is 0. The first-order valence-corrected chi connectivity index (χ1v) is 11.3. The van der Waals surface area contributed by atoms with Crippen LogP contribution in [0, 0.1) is 5.92 Å². The van der Waals surface area contributed by atoms with Crippen LogP contribution >= 0.6 is 24.0 Å². The lowest BCUT2D eigenvalue weighted by molar-refractivity contribution is -0.119. The van der Waals surface area contributed by atoms with E-state index in [1.54, 1.807) is 0 Å². The van der Waals surface area contributed by atoms with Gasteiger partial charge >= 0.3 is 0 Å². The number of carbonyl (C=O) groups excluding carboxylic acids is 2. The predicted octanol–water partition coefficient (Wildman–Crippen LogP) is 2.98. The molecule has 0 spiro atoms. The molecule has 2 amide bonds. The Morgan fingerprint density at radius 3 is 2.39 bits per heavy atom. The van der Waals surface area contributed by atoms with Crippen LogP contribution < -0.4 is 11.1 Å². The average Bonchev–Trinajstić information content (AvgIpc) is 2.77. The first kappa shape index (κ1) is 25.4. The van der Waals surface area contributed by atoms with Gasteiger partial charge in [0.25, 0.3) is 5.91 Å². The number of aliphatic imine (C=N–C) groups is 1. The first-order valence-electron chi connectivity index (χ1n) is 11.3. The Morgan fingerprint density at radius 1 is 1.06 bits per heavy atom. The molecule has 0 bridgehead atoms. The van der Waals surface area contributed by atoms with Crippen LogP contribution in [0.15, 0.2) is 29.3 Å². The summed E-state index contributed by atoms with van der Waals surface area (Å²) in [6, 6.07) is 7.82. The number of amides is 2. The molecule has 7 nitrogen and oxygen atoms in total. The molecular weight excluding hydrogens is 505 g/mol. The second-order valence-corrected chi connectivity index (χ2v) is 8.34. The molecule has 2 aliphatic heterocycles. The van der Waals surface area contributed by atoms with Gasteiger partial charge in [0.05, 0.1) is 6.54 Å². The Hall–Kier alpha value is -1.84. The molecule has 172 valence electrons. The van der Waals surface area contributed by atoms with Crippen LogP contribution in [0.25, 0.3) is 0 Å². The van der Waals surface area contributed by atoms with Crippen molar-refractivity contribution in [2.75, 3.05) is 32.7 Å². The highest BCUT2D eigenvalue weighted by Crippen LogP contribution is 2.20. The number of rotatable bonds is 6. The number of carbonyl (C=O) groups is 2. The SMILES string of the molecule is CCNC(=NCc1ccc(C(=O)N2CCCCC2)cc1)N1CCCC(CC(N)=O)C1.I. The van der Waals surface area contributed by atoms with Crippen molar-refractivity contribution >= 4 is 41.8 Å². The van der Waals surface area contributed by atoms with Crippen molar-refractivity contribution in [3.05, 3.63) is 35.4 Å². The van der Waals surface area contributed by atoms with E-state index < -0.39 is 0 Å². The minimum absolute atomic E-state index is 0. The van der Waals surface area contributed by atoms with Crippen molar-refractivity contribution in [2.24, 2.45) is 16.6 Å². The lowest BCUT2D eigenvalue weighted by atomic mass is 9.95. The van der Waals surface area contributed by atoms with Gasteiger partial charge in [-0.3, -0.25) is 9.59 Å². The maximum absolute atomic E-state index is 12.6. The van der Waals surface area contributed by atoms with Crippen LogP contribution in [0.3, 0.4) is 0 Å². The number of hydrogen-bond acceptors (Lipinski definition) is 3. The molecule has 1 aromatic carbocycles. The second kappa shape index (κ2) is 12.9. The predicted molar refractivity (Wildman–Crippen MR) is 135 cm³/mol. The molecule has 0 aromatic heterocycles. The summed E-state index contributed by atoms with van der Waals surface area (Å²) in [6.07, 6.45) is 5.92. The molecule has 3 rings (SSSR count). The first-order chi connectivity index (χ1) is 14.6. The second-order valence-electron chi connectivity index (χ2n) is 8.34. The number of guanidine groups is 1. The maximum atomic E-state index is 12.6. The van der Waals surface area contributed by atoms with Gasteiger partial charge in [0.15, 0.2) is 5.96 Å². The lowest BCUT2D eigenvalue weighted by Gasteiger charge is -2.34. The summed E-state index contributed by atoms with van der Waals surface area (Å²) in [6.45, 7) is 6.87. The smallest absolute Gasteiger partial charge is 0.253 e. The molecule has 0 saturated carbocycles. The lowest BCUT2D eigenvalue weighted by Crippen LogP contribution is -2.47. The number of piperidine rings is 2. The van der Waals surface area contributed by atoms with Gasteiger partial charge in [0, 0.05) is 44.7 Å². The standard InChI is InChI=1S/C23H35N5O2.HI/c1-2-25-23(28-14-6-7-19(17-28)15-21(24)29)26-16-18-8-10-20(11-9-18)22(30)27-12-4-3-5-13-27;/h8-11,19H,2-7,12-17H2,1H3,(H2,24,29)(H,25,26);1H. The summed E-state index contributed by atoms with van der Waals surface area (Å²) in [5.41, 5.74) is 7.22. The fourth-order valence-electron chi connectivity index (χ4n) is 4.33. The highest BCUT2D eigenvalue weighted by Gasteiger charge is 2.23. The van der Waals surface area contributed by atoms with E-state index in [0.717, 1.165) is 75.5 Å². The number of halogens is 1. The highest BCUT2D eigenvalue weighted by atomic mass is 127. The molecular formula is C23H36IN5O2. The zero-order valence-electron chi connectivity index (χ0n) is 18.5. The van der Waals surface area contributed by atoms with Gasteiger partial charge in [-0.1, -0.05) is 12.1 Å². The average molecular weight is 541 g/mol. The Bertz CT molecular complexity index is 747. The molecule has 2 fully saturated rings. The van der Waals surface area contributed by atoms with E-state index in [0.29, 0.717) is 18.9 Å². The molecule has 8 heteroatoms. The van der Waals surface area contributed by atoms with E-state index in [1.807, 2.05) is 29.2 Å². The third-order valence-corrected chi connectivity index (χ3v) is 5.90. The number of primary amides is 1. The number of benzene rings is 1. The van der Waals surface area contributed by atoms with E-state index in [4.69, 9.17) is 10.7 Å². The van der Waals surface area contributed by atoms with Crippen LogP contribution in [-0.4, -0.2) is 60.3 Å².